The maximum Gasteiger partial charge on any atom is 0.421 e. The lowest BCUT2D eigenvalue weighted by molar-refractivity contribution is 0.0321. The zero-order valence-electron chi connectivity index (χ0n) is 17.5. The minimum Gasteiger partial charge on any atom is -0.497 e. The van der Waals surface area contributed by atoms with Crippen LogP contribution in [0.3, 0.4) is 0 Å². The average molecular weight is 461 g/mol. The number of ether oxygens (including phenoxy) is 3. The zero-order chi connectivity index (χ0) is 23.6. The van der Waals surface area contributed by atoms with Gasteiger partial charge in [-0.05, 0) is 12.1 Å². The summed E-state index contributed by atoms with van der Waals surface area (Å²) in [6.45, 7) is 5.17. The molecule has 0 spiro atoms. The Morgan fingerprint density at radius 1 is 1.00 bits per heavy atom. The van der Waals surface area contributed by atoms with Gasteiger partial charge in [0.15, 0.2) is 4.90 Å². The molecule has 0 aliphatic rings. The third-order valence-corrected chi connectivity index (χ3v) is 5.55. The van der Waals surface area contributed by atoms with Crippen LogP contribution in [-0.4, -0.2) is 28.7 Å². The Hall–Kier alpha value is -2.95. The van der Waals surface area contributed by atoms with Crippen LogP contribution in [0.15, 0.2) is 35.2 Å². The second-order valence-electron chi connectivity index (χ2n) is 7.56. The lowest BCUT2D eigenvalue weighted by Gasteiger charge is -2.31. The van der Waals surface area contributed by atoms with Gasteiger partial charge in [-0.15, -0.1) is 0 Å². The highest BCUT2D eigenvalue weighted by Crippen LogP contribution is 2.41. The molecule has 170 valence electrons. The topological polar surface area (TPSA) is 90.9 Å². The quantitative estimate of drug-likeness (QED) is 0.689. The van der Waals surface area contributed by atoms with Crippen LogP contribution in [0.2, 0.25) is 0 Å². The van der Waals surface area contributed by atoms with Gasteiger partial charge in [-0.25, -0.2) is 31.1 Å². The summed E-state index contributed by atoms with van der Waals surface area (Å²) in [6, 6.07) is 5.09. The number of carbonyl (C=O) groups is 1. The molecule has 11 heteroatoms. The standard InChI is InChI=1S/C20H22F3NO6S/c1-20(2,3)18(13-7-6-12(28-4)10-16(13)29-5)30-19(25)24-31(26,27)17-14(22)8-11(21)9-15(17)23/h6-10,18H,1-5H3,(H,24,25). The molecule has 0 fully saturated rings. The van der Waals surface area contributed by atoms with Crippen molar-refractivity contribution in [3.8, 4) is 11.5 Å². The van der Waals surface area contributed by atoms with Crippen molar-refractivity contribution in [1.29, 1.82) is 0 Å². The molecular weight excluding hydrogens is 439 g/mol. The van der Waals surface area contributed by atoms with E-state index in [-0.39, 0.29) is 12.1 Å². The number of halogens is 3. The van der Waals surface area contributed by atoms with Gasteiger partial charge in [-0.2, -0.15) is 0 Å². The van der Waals surface area contributed by atoms with Gasteiger partial charge in [0.05, 0.1) is 14.2 Å². The molecule has 2 rings (SSSR count). The fourth-order valence-corrected chi connectivity index (χ4v) is 3.82. The molecule has 0 saturated heterocycles. The fourth-order valence-electron chi connectivity index (χ4n) is 2.82. The molecule has 31 heavy (non-hydrogen) atoms. The smallest absolute Gasteiger partial charge is 0.421 e. The first kappa shape index (κ1) is 24.3. The molecule has 1 unspecified atom stereocenters. The summed E-state index contributed by atoms with van der Waals surface area (Å²) >= 11 is 0. The summed E-state index contributed by atoms with van der Waals surface area (Å²) in [7, 11) is -2.18. The Kier molecular flexibility index (Phi) is 7.10. The number of sulfonamides is 1. The normalized spacial score (nSPS) is 12.8. The fraction of sp³-hybridized carbons (Fsp3) is 0.350. The monoisotopic (exact) mass is 461 g/mol. The highest BCUT2D eigenvalue weighted by Gasteiger charge is 2.35. The van der Waals surface area contributed by atoms with Crippen molar-refractivity contribution in [1.82, 2.24) is 4.72 Å². The highest BCUT2D eigenvalue weighted by molar-refractivity contribution is 7.90. The summed E-state index contributed by atoms with van der Waals surface area (Å²) in [5.41, 5.74) is -0.336. The minimum atomic E-state index is -5.03. The van der Waals surface area contributed by atoms with Crippen LogP contribution in [0.5, 0.6) is 11.5 Å². The number of amides is 1. The molecule has 1 amide bonds. The molecule has 1 N–H and O–H groups in total. The number of nitrogens with one attached hydrogen (secondary N) is 1. The van der Waals surface area contributed by atoms with Crippen LogP contribution < -0.4 is 14.2 Å². The van der Waals surface area contributed by atoms with E-state index < -0.39 is 50.0 Å². The van der Waals surface area contributed by atoms with Crippen molar-refractivity contribution in [3.63, 3.8) is 0 Å². The largest absolute Gasteiger partial charge is 0.497 e. The lowest BCUT2D eigenvalue weighted by Crippen LogP contribution is -2.35. The summed E-state index contributed by atoms with van der Waals surface area (Å²) in [5, 5.41) is 0. The lowest BCUT2D eigenvalue weighted by atomic mass is 9.84. The van der Waals surface area contributed by atoms with Crippen LogP contribution in [0.25, 0.3) is 0 Å². The Morgan fingerprint density at radius 3 is 2.06 bits per heavy atom. The van der Waals surface area contributed by atoms with E-state index in [9.17, 15) is 26.4 Å². The van der Waals surface area contributed by atoms with E-state index in [1.165, 1.54) is 18.9 Å². The van der Waals surface area contributed by atoms with Gasteiger partial charge in [0.25, 0.3) is 10.0 Å². The van der Waals surface area contributed by atoms with Gasteiger partial charge >= 0.3 is 6.09 Å². The number of carbonyl (C=O) groups excluding carboxylic acids is 1. The number of methoxy groups -OCH3 is 2. The van der Waals surface area contributed by atoms with E-state index in [2.05, 4.69) is 0 Å². The van der Waals surface area contributed by atoms with Crippen LogP contribution in [0.1, 0.15) is 32.4 Å². The number of hydrogen-bond acceptors (Lipinski definition) is 6. The number of rotatable bonds is 6. The molecule has 0 saturated carbocycles. The van der Waals surface area contributed by atoms with Crippen LogP contribution in [-0.2, 0) is 14.8 Å². The second kappa shape index (κ2) is 9.04. The van der Waals surface area contributed by atoms with Crippen LogP contribution in [0.4, 0.5) is 18.0 Å². The van der Waals surface area contributed by atoms with Gasteiger partial charge < -0.3 is 14.2 Å². The molecular formula is C20H22F3NO6S. The van der Waals surface area contributed by atoms with Gasteiger partial charge in [-0.1, -0.05) is 20.8 Å². The Balaban J connectivity index is 2.37. The van der Waals surface area contributed by atoms with Crippen molar-refractivity contribution in [2.75, 3.05) is 14.2 Å². The van der Waals surface area contributed by atoms with E-state index in [1.54, 1.807) is 39.0 Å². The molecule has 7 nitrogen and oxygen atoms in total. The van der Waals surface area contributed by atoms with Crippen molar-refractivity contribution in [3.05, 3.63) is 53.3 Å². The third-order valence-electron chi connectivity index (χ3n) is 4.18. The van der Waals surface area contributed by atoms with Gasteiger partial charge in [0, 0.05) is 29.2 Å². The zero-order valence-corrected chi connectivity index (χ0v) is 18.3. The van der Waals surface area contributed by atoms with E-state index >= 15 is 0 Å². The van der Waals surface area contributed by atoms with Crippen LogP contribution >= 0.6 is 0 Å². The summed E-state index contributed by atoms with van der Waals surface area (Å²) in [5.74, 6) is -3.91. The Bertz CT molecular complexity index is 1060. The summed E-state index contributed by atoms with van der Waals surface area (Å²) in [4.78, 5) is 10.9. The third kappa shape index (κ3) is 5.60. The molecule has 0 aromatic heterocycles. The molecule has 0 bridgehead atoms. The van der Waals surface area contributed by atoms with Crippen molar-refractivity contribution in [2.24, 2.45) is 5.41 Å². The first-order valence-corrected chi connectivity index (χ1v) is 10.4. The molecule has 0 heterocycles. The first-order valence-electron chi connectivity index (χ1n) is 8.90. The molecule has 2 aromatic rings. The maximum atomic E-state index is 13.9. The van der Waals surface area contributed by atoms with E-state index in [4.69, 9.17) is 14.2 Å². The van der Waals surface area contributed by atoms with Gasteiger partial charge in [0.2, 0.25) is 0 Å². The Morgan fingerprint density at radius 2 is 1.58 bits per heavy atom. The second-order valence-corrected chi connectivity index (χ2v) is 9.18. The molecule has 0 radical (unpaired) electrons. The highest BCUT2D eigenvalue weighted by atomic mass is 32.2. The summed E-state index contributed by atoms with van der Waals surface area (Å²) < 4.78 is 82.6. The molecule has 1 atom stereocenters. The minimum absolute atomic E-state index is 0.184. The number of hydrogen-bond donors (Lipinski definition) is 1. The predicted molar refractivity (Wildman–Crippen MR) is 105 cm³/mol. The first-order chi connectivity index (χ1) is 14.3. The maximum absolute atomic E-state index is 13.9. The average Bonchev–Trinajstić information content (AvgIpc) is 2.63. The van der Waals surface area contributed by atoms with Crippen LogP contribution in [0, 0.1) is 22.9 Å². The number of benzene rings is 2. The molecule has 2 aromatic carbocycles. The molecule has 0 aliphatic carbocycles. The van der Waals surface area contributed by atoms with E-state index in [0.29, 0.717) is 17.1 Å². The Labute approximate surface area is 178 Å². The van der Waals surface area contributed by atoms with Gasteiger partial charge in [-0.3, -0.25) is 0 Å². The molecule has 0 aliphatic heterocycles. The van der Waals surface area contributed by atoms with Crippen molar-refractivity contribution >= 4 is 16.1 Å². The van der Waals surface area contributed by atoms with E-state index in [1.807, 2.05) is 0 Å². The summed E-state index contributed by atoms with van der Waals surface area (Å²) in [6.07, 6.45) is -2.51. The van der Waals surface area contributed by atoms with E-state index in [0.717, 1.165) is 0 Å². The predicted octanol–water partition coefficient (Wildman–Crippen LogP) is 4.32. The van der Waals surface area contributed by atoms with Crippen molar-refractivity contribution < 1.29 is 40.6 Å². The van der Waals surface area contributed by atoms with Gasteiger partial charge in [0.1, 0.15) is 35.1 Å². The SMILES string of the molecule is COc1ccc(C(OC(=O)NS(=O)(=O)c2c(F)cc(F)cc2F)C(C)(C)C)c(OC)c1. The van der Waals surface area contributed by atoms with Crippen molar-refractivity contribution in [2.45, 2.75) is 31.8 Å².